The number of nitrogens with zero attached hydrogens (tertiary/aromatic N) is 4. The summed E-state index contributed by atoms with van der Waals surface area (Å²) in [5.74, 6) is 0.419. The number of ether oxygens (including phenoxy) is 2. The zero-order valence-corrected chi connectivity index (χ0v) is 20.4. The van der Waals surface area contributed by atoms with E-state index in [1.807, 2.05) is 48.9 Å². The molecule has 0 atom stereocenters. The van der Waals surface area contributed by atoms with Gasteiger partial charge in [0.05, 0.1) is 17.8 Å². The van der Waals surface area contributed by atoms with Crippen molar-refractivity contribution < 1.29 is 23.6 Å². The molecule has 36 heavy (non-hydrogen) atoms. The highest BCUT2D eigenvalue weighted by atomic mass is 16.5. The highest BCUT2D eigenvalue weighted by Crippen LogP contribution is 2.16. The lowest BCUT2D eigenvalue weighted by molar-refractivity contribution is -0.124. The van der Waals surface area contributed by atoms with Crippen molar-refractivity contribution in [2.45, 2.75) is 40.5 Å². The maximum Gasteiger partial charge on any atom is 0.338 e. The van der Waals surface area contributed by atoms with Gasteiger partial charge in [0.1, 0.15) is 5.75 Å². The third kappa shape index (κ3) is 6.35. The van der Waals surface area contributed by atoms with Crippen LogP contribution in [0.1, 0.15) is 44.6 Å². The molecule has 0 unspecified atom stereocenters. The molecule has 0 saturated heterocycles. The third-order valence-electron chi connectivity index (χ3n) is 5.53. The lowest BCUT2D eigenvalue weighted by atomic mass is 10.2. The van der Waals surface area contributed by atoms with Crippen LogP contribution in [-0.4, -0.2) is 38.4 Å². The fraction of sp³-hybridized carbons (Fsp3) is 0.269. The number of benzene rings is 2. The number of carbonyl (C=O) groups is 2. The predicted octanol–water partition coefficient (Wildman–Crippen LogP) is 3.29. The fourth-order valence-electron chi connectivity index (χ4n) is 3.59. The van der Waals surface area contributed by atoms with Crippen LogP contribution in [0.2, 0.25) is 0 Å². The maximum absolute atomic E-state index is 12.3. The van der Waals surface area contributed by atoms with Gasteiger partial charge in [-0.15, -0.1) is 0 Å². The van der Waals surface area contributed by atoms with Crippen LogP contribution < -0.4 is 10.1 Å². The Labute approximate surface area is 208 Å². The molecule has 2 aromatic carbocycles. The van der Waals surface area contributed by atoms with Crippen molar-refractivity contribution in [2.75, 3.05) is 6.61 Å². The molecule has 4 rings (SSSR count). The van der Waals surface area contributed by atoms with Gasteiger partial charge >= 0.3 is 5.97 Å². The first-order chi connectivity index (χ1) is 17.4. The Kier molecular flexibility index (Phi) is 7.74. The smallest absolute Gasteiger partial charge is 0.338 e. The summed E-state index contributed by atoms with van der Waals surface area (Å²) in [6.45, 7) is 6.29. The third-order valence-corrected chi connectivity index (χ3v) is 5.53. The van der Waals surface area contributed by atoms with Gasteiger partial charge in [0, 0.05) is 24.7 Å². The second-order valence-corrected chi connectivity index (χ2v) is 8.19. The Hall–Kier alpha value is -4.47. The van der Waals surface area contributed by atoms with E-state index in [0.29, 0.717) is 36.1 Å². The van der Waals surface area contributed by atoms with Gasteiger partial charge in [-0.2, -0.15) is 10.1 Å². The van der Waals surface area contributed by atoms with Crippen molar-refractivity contribution >= 4 is 11.9 Å². The molecule has 186 valence electrons. The van der Waals surface area contributed by atoms with Gasteiger partial charge < -0.3 is 19.3 Å². The summed E-state index contributed by atoms with van der Waals surface area (Å²) in [7, 11) is 0. The number of aryl methyl sites for hydroxylation is 2. The average Bonchev–Trinajstić information content (AvgIpc) is 3.42. The Balaban J connectivity index is 1.23. The molecular formula is C26H27N5O5. The second-order valence-electron chi connectivity index (χ2n) is 8.19. The molecule has 10 heteroatoms. The van der Waals surface area contributed by atoms with Crippen molar-refractivity contribution in [3.63, 3.8) is 0 Å². The minimum Gasteiger partial charge on any atom is -0.485 e. The van der Waals surface area contributed by atoms with Gasteiger partial charge in [-0.1, -0.05) is 35.5 Å². The maximum atomic E-state index is 12.3. The lowest BCUT2D eigenvalue weighted by Crippen LogP contribution is -2.28. The minimum atomic E-state index is -0.603. The van der Waals surface area contributed by atoms with Crippen LogP contribution >= 0.6 is 0 Å². The zero-order chi connectivity index (χ0) is 25.5. The summed E-state index contributed by atoms with van der Waals surface area (Å²) >= 11 is 0. The molecule has 0 radical (unpaired) electrons. The van der Waals surface area contributed by atoms with Gasteiger partial charge in [-0.05, 0) is 43.7 Å². The standard InChI is InChI=1S/C26H27N5O5/c1-17-23(18(2)31(29-17)14-20-7-5-4-6-8-20)13-27-25(32)16-35-26(33)21-9-11-22(12-10-21)34-15-24-28-19(3)36-30-24/h4-12H,13-16H2,1-3H3,(H,27,32). The van der Waals surface area contributed by atoms with Crippen LogP contribution in [0.25, 0.3) is 0 Å². The van der Waals surface area contributed by atoms with Crippen LogP contribution in [0.15, 0.2) is 59.1 Å². The van der Waals surface area contributed by atoms with Crippen molar-refractivity contribution in [3.05, 3.63) is 94.4 Å². The van der Waals surface area contributed by atoms with Crippen LogP contribution in [0.4, 0.5) is 0 Å². The van der Waals surface area contributed by atoms with Gasteiger partial charge in [-0.3, -0.25) is 9.48 Å². The van der Waals surface area contributed by atoms with E-state index in [4.69, 9.17) is 14.0 Å². The van der Waals surface area contributed by atoms with Gasteiger partial charge in [0.15, 0.2) is 13.2 Å². The van der Waals surface area contributed by atoms with Crippen LogP contribution in [-0.2, 0) is 29.2 Å². The van der Waals surface area contributed by atoms with Gasteiger partial charge in [-0.25, -0.2) is 4.79 Å². The number of esters is 1. The first-order valence-electron chi connectivity index (χ1n) is 11.4. The van der Waals surface area contributed by atoms with E-state index in [-0.39, 0.29) is 13.2 Å². The number of aromatic nitrogens is 4. The Bertz CT molecular complexity index is 1330. The number of nitrogens with one attached hydrogen (secondary N) is 1. The SMILES string of the molecule is Cc1nc(COc2ccc(C(=O)OCC(=O)NCc3c(C)nn(Cc4ccccc4)c3C)cc2)no1. The van der Waals surface area contributed by atoms with Crippen molar-refractivity contribution in [2.24, 2.45) is 0 Å². The molecule has 2 heterocycles. The Morgan fingerprint density at radius 2 is 1.78 bits per heavy atom. The molecule has 0 aliphatic heterocycles. The summed E-state index contributed by atoms with van der Waals surface area (Å²) < 4.78 is 17.5. The quantitative estimate of drug-likeness (QED) is 0.337. The molecule has 0 bridgehead atoms. The summed E-state index contributed by atoms with van der Waals surface area (Å²) in [5.41, 5.74) is 4.21. The van der Waals surface area contributed by atoms with E-state index in [1.54, 1.807) is 31.2 Å². The predicted molar refractivity (Wildman–Crippen MR) is 129 cm³/mol. The lowest BCUT2D eigenvalue weighted by Gasteiger charge is -2.09. The van der Waals surface area contributed by atoms with E-state index < -0.39 is 11.9 Å². The van der Waals surface area contributed by atoms with Gasteiger partial charge in [0.2, 0.25) is 11.7 Å². The number of amides is 1. The summed E-state index contributed by atoms with van der Waals surface area (Å²) in [5, 5.41) is 11.1. The molecule has 0 spiro atoms. The molecule has 0 aliphatic carbocycles. The highest BCUT2D eigenvalue weighted by molar-refractivity contribution is 5.91. The second kappa shape index (κ2) is 11.3. The average molecular weight is 490 g/mol. The number of rotatable bonds is 10. The molecule has 1 amide bonds. The van der Waals surface area contributed by atoms with Crippen molar-refractivity contribution in [1.29, 1.82) is 0 Å². The van der Waals surface area contributed by atoms with E-state index in [2.05, 4.69) is 20.6 Å². The van der Waals surface area contributed by atoms with E-state index in [1.165, 1.54) is 0 Å². The summed E-state index contributed by atoms with van der Waals surface area (Å²) in [4.78, 5) is 28.7. The normalized spacial score (nSPS) is 10.8. The van der Waals surface area contributed by atoms with Crippen LogP contribution in [0.5, 0.6) is 5.75 Å². The van der Waals surface area contributed by atoms with Crippen molar-refractivity contribution in [1.82, 2.24) is 25.2 Å². The molecular weight excluding hydrogens is 462 g/mol. The molecule has 0 saturated carbocycles. The molecule has 2 aromatic heterocycles. The zero-order valence-electron chi connectivity index (χ0n) is 20.4. The number of carbonyl (C=O) groups excluding carboxylic acids is 2. The fourth-order valence-corrected chi connectivity index (χ4v) is 3.59. The van der Waals surface area contributed by atoms with E-state index in [0.717, 1.165) is 22.5 Å². The van der Waals surface area contributed by atoms with E-state index in [9.17, 15) is 9.59 Å². The molecule has 0 aliphatic rings. The largest absolute Gasteiger partial charge is 0.485 e. The number of hydrogen-bond donors (Lipinski definition) is 1. The van der Waals surface area contributed by atoms with Gasteiger partial charge in [0.25, 0.3) is 5.91 Å². The summed E-state index contributed by atoms with van der Waals surface area (Å²) in [6, 6.07) is 16.4. The molecule has 10 nitrogen and oxygen atoms in total. The minimum absolute atomic E-state index is 0.144. The van der Waals surface area contributed by atoms with Crippen molar-refractivity contribution in [3.8, 4) is 5.75 Å². The topological polar surface area (TPSA) is 121 Å². The number of hydrogen-bond acceptors (Lipinski definition) is 8. The first-order valence-corrected chi connectivity index (χ1v) is 11.4. The van der Waals surface area contributed by atoms with Crippen LogP contribution in [0.3, 0.4) is 0 Å². The molecule has 1 N–H and O–H groups in total. The summed E-state index contributed by atoms with van der Waals surface area (Å²) in [6.07, 6.45) is 0. The molecule has 0 fully saturated rings. The Morgan fingerprint density at radius 3 is 2.47 bits per heavy atom. The monoisotopic (exact) mass is 489 g/mol. The van der Waals surface area contributed by atoms with E-state index >= 15 is 0 Å². The van der Waals surface area contributed by atoms with Crippen LogP contribution in [0, 0.1) is 20.8 Å². The highest BCUT2D eigenvalue weighted by Gasteiger charge is 2.15. The molecule has 4 aromatic rings. The first kappa shape index (κ1) is 24.6. The Morgan fingerprint density at radius 1 is 1.03 bits per heavy atom.